The number of thiazole rings is 1. The van der Waals surface area contributed by atoms with Crippen LogP contribution < -0.4 is 15.8 Å². The lowest BCUT2D eigenvalue weighted by Gasteiger charge is -2.08. The molecule has 0 saturated carbocycles. The van der Waals surface area contributed by atoms with E-state index in [9.17, 15) is 0 Å². The Morgan fingerprint density at radius 2 is 2.29 bits per heavy atom. The fourth-order valence-electron chi connectivity index (χ4n) is 1.51. The van der Waals surface area contributed by atoms with Crippen molar-refractivity contribution in [2.45, 2.75) is 13.1 Å². The topological polar surface area (TPSA) is 60.2 Å². The molecule has 90 valence electrons. The molecule has 0 amide bonds. The number of benzene rings is 1. The molecule has 0 fully saturated rings. The molecule has 2 rings (SSSR count). The number of hydrogen-bond acceptors (Lipinski definition) is 5. The van der Waals surface area contributed by atoms with Crippen LogP contribution in [0.1, 0.15) is 11.3 Å². The normalized spacial score (nSPS) is 10.4. The molecule has 3 N–H and O–H groups in total. The molecule has 0 aliphatic rings. The molecule has 5 heteroatoms. The third-order valence-electron chi connectivity index (χ3n) is 2.46. The van der Waals surface area contributed by atoms with Gasteiger partial charge in [-0.3, -0.25) is 0 Å². The van der Waals surface area contributed by atoms with E-state index >= 15 is 0 Å². The van der Waals surface area contributed by atoms with Gasteiger partial charge in [-0.05, 0) is 11.6 Å². The van der Waals surface area contributed by atoms with E-state index in [1.165, 1.54) is 0 Å². The van der Waals surface area contributed by atoms with Gasteiger partial charge in [0, 0.05) is 30.2 Å². The molecule has 0 bridgehead atoms. The standard InChI is InChI=1S/C12H15N3OS/c1-16-11-3-2-9(12(13)4-11)5-14-6-10-7-17-8-15-10/h2-4,7-8,14H,5-6,13H2,1H3. The Balaban J connectivity index is 1.90. The summed E-state index contributed by atoms with van der Waals surface area (Å²) in [6, 6.07) is 5.72. The van der Waals surface area contributed by atoms with E-state index in [2.05, 4.69) is 10.3 Å². The molecule has 1 heterocycles. The minimum absolute atomic E-state index is 0.730. The quantitative estimate of drug-likeness (QED) is 0.796. The van der Waals surface area contributed by atoms with E-state index in [1.54, 1.807) is 18.4 Å². The number of rotatable bonds is 5. The molecular weight excluding hydrogens is 234 g/mol. The number of hydrogen-bond donors (Lipinski definition) is 2. The summed E-state index contributed by atoms with van der Waals surface area (Å²) >= 11 is 1.60. The Morgan fingerprint density at radius 1 is 1.41 bits per heavy atom. The lowest BCUT2D eigenvalue weighted by molar-refractivity contribution is 0.415. The lowest BCUT2D eigenvalue weighted by atomic mass is 10.1. The number of methoxy groups -OCH3 is 1. The zero-order valence-electron chi connectivity index (χ0n) is 9.64. The zero-order chi connectivity index (χ0) is 12.1. The van der Waals surface area contributed by atoms with Crippen molar-refractivity contribution in [3.63, 3.8) is 0 Å². The highest BCUT2D eigenvalue weighted by Crippen LogP contribution is 2.19. The van der Waals surface area contributed by atoms with Crippen LogP contribution in [-0.4, -0.2) is 12.1 Å². The van der Waals surface area contributed by atoms with E-state index in [-0.39, 0.29) is 0 Å². The molecule has 0 spiro atoms. The number of ether oxygens (including phenoxy) is 1. The second-order valence-corrected chi connectivity index (χ2v) is 4.37. The molecule has 1 aromatic heterocycles. The van der Waals surface area contributed by atoms with Crippen LogP contribution in [0.2, 0.25) is 0 Å². The van der Waals surface area contributed by atoms with Gasteiger partial charge in [0.25, 0.3) is 0 Å². The minimum Gasteiger partial charge on any atom is -0.497 e. The van der Waals surface area contributed by atoms with Gasteiger partial charge in [-0.15, -0.1) is 11.3 Å². The summed E-state index contributed by atoms with van der Waals surface area (Å²) in [6.45, 7) is 1.49. The van der Waals surface area contributed by atoms with Crippen molar-refractivity contribution in [1.29, 1.82) is 0 Å². The van der Waals surface area contributed by atoms with Crippen LogP contribution in [-0.2, 0) is 13.1 Å². The molecule has 0 atom stereocenters. The van der Waals surface area contributed by atoms with E-state index in [4.69, 9.17) is 10.5 Å². The molecule has 0 aliphatic carbocycles. The SMILES string of the molecule is COc1ccc(CNCc2cscn2)c(N)c1. The van der Waals surface area contributed by atoms with Crippen LogP contribution in [0.15, 0.2) is 29.1 Å². The third-order valence-corrected chi connectivity index (χ3v) is 3.09. The van der Waals surface area contributed by atoms with Crippen molar-refractivity contribution in [2.75, 3.05) is 12.8 Å². The van der Waals surface area contributed by atoms with Crippen LogP contribution >= 0.6 is 11.3 Å². The number of nitrogen functional groups attached to an aromatic ring is 1. The Bertz CT molecular complexity index is 471. The van der Waals surface area contributed by atoms with Crippen LogP contribution in [0, 0.1) is 0 Å². The van der Waals surface area contributed by atoms with Crippen LogP contribution in [0.4, 0.5) is 5.69 Å². The summed E-state index contributed by atoms with van der Waals surface area (Å²) in [5, 5.41) is 5.34. The maximum atomic E-state index is 5.92. The summed E-state index contributed by atoms with van der Waals surface area (Å²) in [7, 11) is 1.63. The van der Waals surface area contributed by atoms with Crippen LogP contribution in [0.5, 0.6) is 5.75 Å². The summed E-state index contributed by atoms with van der Waals surface area (Å²) in [4.78, 5) is 4.20. The molecule has 4 nitrogen and oxygen atoms in total. The van der Waals surface area contributed by atoms with Crippen LogP contribution in [0.25, 0.3) is 0 Å². The van der Waals surface area contributed by atoms with Gasteiger partial charge in [-0.25, -0.2) is 4.98 Å². The molecule has 2 aromatic rings. The first-order chi connectivity index (χ1) is 8.29. The zero-order valence-corrected chi connectivity index (χ0v) is 10.5. The Hall–Kier alpha value is -1.59. The molecule has 0 aliphatic heterocycles. The molecule has 17 heavy (non-hydrogen) atoms. The van der Waals surface area contributed by atoms with Gasteiger partial charge in [0.15, 0.2) is 0 Å². The summed E-state index contributed by atoms with van der Waals surface area (Å²) < 4.78 is 5.10. The molecule has 0 unspecified atom stereocenters. The predicted octanol–water partition coefficient (Wildman–Crippen LogP) is 2.02. The molecule has 0 radical (unpaired) electrons. The summed E-state index contributed by atoms with van der Waals surface area (Å²) in [5.41, 5.74) is 10.6. The van der Waals surface area contributed by atoms with E-state index < -0.39 is 0 Å². The maximum absolute atomic E-state index is 5.92. The van der Waals surface area contributed by atoms with Crippen LogP contribution in [0.3, 0.4) is 0 Å². The first kappa shape index (κ1) is 11.9. The predicted molar refractivity (Wildman–Crippen MR) is 70.1 cm³/mol. The van der Waals surface area contributed by atoms with Gasteiger partial charge in [0.1, 0.15) is 5.75 Å². The van der Waals surface area contributed by atoms with Crippen molar-refractivity contribution in [1.82, 2.24) is 10.3 Å². The number of nitrogens with two attached hydrogens (primary N) is 1. The first-order valence-corrected chi connectivity index (χ1v) is 6.24. The number of nitrogens with zero attached hydrogens (tertiary/aromatic N) is 1. The second-order valence-electron chi connectivity index (χ2n) is 3.65. The second kappa shape index (κ2) is 5.65. The van der Waals surface area contributed by atoms with Gasteiger partial charge in [0.2, 0.25) is 0 Å². The van der Waals surface area contributed by atoms with Gasteiger partial charge in [0.05, 0.1) is 18.3 Å². The van der Waals surface area contributed by atoms with Crippen molar-refractivity contribution < 1.29 is 4.74 Å². The average molecular weight is 249 g/mol. The molecular formula is C12H15N3OS. The largest absolute Gasteiger partial charge is 0.497 e. The Morgan fingerprint density at radius 3 is 2.94 bits per heavy atom. The van der Waals surface area contributed by atoms with Gasteiger partial charge in [-0.1, -0.05) is 6.07 Å². The van der Waals surface area contributed by atoms with Gasteiger partial charge < -0.3 is 15.8 Å². The summed E-state index contributed by atoms with van der Waals surface area (Å²) in [6.07, 6.45) is 0. The fraction of sp³-hybridized carbons (Fsp3) is 0.250. The summed E-state index contributed by atoms with van der Waals surface area (Å²) in [5.74, 6) is 0.783. The highest BCUT2D eigenvalue weighted by atomic mass is 32.1. The Kier molecular flexibility index (Phi) is 3.95. The highest BCUT2D eigenvalue weighted by molar-refractivity contribution is 7.07. The molecule has 1 aromatic carbocycles. The minimum atomic E-state index is 0.730. The lowest BCUT2D eigenvalue weighted by Crippen LogP contribution is -2.14. The fourth-order valence-corrected chi connectivity index (χ4v) is 2.07. The van der Waals surface area contributed by atoms with Crippen molar-refractivity contribution in [2.24, 2.45) is 0 Å². The number of aromatic nitrogens is 1. The average Bonchev–Trinajstić information content (AvgIpc) is 2.84. The smallest absolute Gasteiger partial charge is 0.120 e. The van der Waals surface area contributed by atoms with E-state index in [1.807, 2.05) is 29.1 Å². The van der Waals surface area contributed by atoms with E-state index in [0.29, 0.717) is 0 Å². The highest BCUT2D eigenvalue weighted by Gasteiger charge is 2.01. The maximum Gasteiger partial charge on any atom is 0.120 e. The van der Waals surface area contributed by atoms with Crippen molar-refractivity contribution in [3.05, 3.63) is 40.3 Å². The number of nitrogens with one attached hydrogen (secondary N) is 1. The Labute approximate surface area is 104 Å². The monoisotopic (exact) mass is 249 g/mol. The third kappa shape index (κ3) is 3.18. The molecule has 0 saturated heterocycles. The first-order valence-electron chi connectivity index (χ1n) is 5.30. The van der Waals surface area contributed by atoms with E-state index in [0.717, 1.165) is 35.8 Å². The van der Waals surface area contributed by atoms with Gasteiger partial charge >= 0.3 is 0 Å². The van der Waals surface area contributed by atoms with Crippen molar-refractivity contribution >= 4 is 17.0 Å². The number of anilines is 1. The van der Waals surface area contributed by atoms with Crippen molar-refractivity contribution in [3.8, 4) is 5.75 Å². The van der Waals surface area contributed by atoms with Gasteiger partial charge in [-0.2, -0.15) is 0 Å².